The zero-order valence-corrected chi connectivity index (χ0v) is 10.2. The Kier molecular flexibility index (Phi) is 3.85. The van der Waals surface area contributed by atoms with E-state index in [1.165, 1.54) is 0 Å². The third-order valence-corrected chi connectivity index (χ3v) is 2.42. The number of hydrogen-bond donors (Lipinski definition) is 0. The highest BCUT2D eigenvalue weighted by Gasteiger charge is 2.17. The number of nitrogens with zero attached hydrogens (tertiary/aromatic N) is 3. The van der Waals surface area contributed by atoms with Crippen LogP contribution in [0.2, 0.25) is 0 Å². The molecule has 2 aromatic rings. The van der Waals surface area contributed by atoms with E-state index in [0.29, 0.717) is 11.3 Å². The normalized spacial score (nSPS) is 11.1. The summed E-state index contributed by atoms with van der Waals surface area (Å²) in [6.45, 7) is 1.92. The van der Waals surface area contributed by atoms with Crippen LogP contribution in [0.4, 0.5) is 0 Å². The molecule has 0 saturated carbocycles. The van der Waals surface area contributed by atoms with E-state index in [-0.39, 0.29) is 12.2 Å². The van der Waals surface area contributed by atoms with E-state index >= 15 is 0 Å². The molecule has 1 aromatic heterocycles. The molecule has 96 valence electrons. The Morgan fingerprint density at radius 1 is 1.53 bits per heavy atom. The van der Waals surface area contributed by atoms with Crippen LogP contribution in [0.15, 0.2) is 46.1 Å². The lowest BCUT2D eigenvalue weighted by Gasteiger charge is -2.02. The summed E-state index contributed by atoms with van der Waals surface area (Å²) in [4.78, 5) is 14.4. The Morgan fingerprint density at radius 2 is 2.32 bits per heavy atom. The summed E-state index contributed by atoms with van der Waals surface area (Å²) in [5.41, 5.74) is 9.08. The standard InChI is InChI=1S/C13H11N3O3/c1-2-18-13(17)10(8-15-16-14)12-7-9-5-3-4-6-11(9)19-12/h3-8H,2H2,1H3/b10-8+. The summed E-state index contributed by atoms with van der Waals surface area (Å²) in [5.74, 6) is -0.277. The average molecular weight is 257 g/mol. The molecule has 0 amide bonds. The molecule has 0 aliphatic carbocycles. The number of carbonyl (C=O) groups excluding carboxylic acids is 1. The molecule has 0 N–H and O–H groups in total. The minimum atomic E-state index is -0.589. The van der Waals surface area contributed by atoms with Crippen LogP contribution in [0.5, 0.6) is 0 Å². The molecular formula is C13H11N3O3. The number of furan rings is 1. The van der Waals surface area contributed by atoms with Crippen LogP contribution in [-0.4, -0.2) is 12.6 Å². The lowest BCUT2D eigenvalue weighted by molar-refractivity contribution is -0.136. The number of hydrogen-bond acceptors (Lipinski definition) is 4. The van der Waals surface area contributed by atoms with Gasteiger partial charge in [-0.1, -0.05) is 23.3 Å². The van der Waals surface area contributed by atoms with Crippen molar-refractivity contribution in [1.29, 1.82) is 0 Å². The first-order valence-electron chi connectivity index (χ1n) is 5.66. The number of rotatable bonds is 4. The Bertz CT molecular complexity index is 648. The molecule has 0 unspecified atom stereocenters. The van der Waals surface area contributed by atoms with Gasteiger partial charge in [0.05, 0.1) is 6.61 Å². The number of fused-ring (bicyclic) bond motifs is 1. The largest absolute Gasteiger partial charge is 0.462 e. The summed E-state index contributed by atoms with van der Waals surface area (Å²) >= 11 is 0. The summed E-state index contributed by atoms with van der Waals surface area (Å²) in [6, 6.07) is 9.04. The predicted molar refractivity (Wildman–Crippen MR) is 70.0 cm³/mol. The van der Waals surface area contributed by atoms with E-state index in [2.05, 4.69) is 10.0 Å². The van der Waals surface area contributed by atoms with Gasteiger partial charge < -0.3 is 9.15 Å². The van der Waals surface area contributed by atoms with Crippen molar-refractivity contribution in [2.45, 2.75) is 6.92 Å². The maximum absolute atomic E-state index is 11.8. The minimum Gasteiger partial charge on any atom is -0.462 e. The zero-order chi connectivity index (χ0) is 13.7. The molecule has 6 heteroatoms. The molecule has 19 heavy (non-hydrogen) atoms. The molecule has 1 heterocycles. The van der Waals surface area contributed by atoms with E-state index < -0.39 is 5.97 Å². The molecule has 0 saturated heterocycles. The third kappa shape index (κ3) is 2.75. The quantitative estimate of drug-likeness (QED) is 0.275. The third-order valence-electron chi connectivity index (χ3n) is 2.42. The van der Waals surface area contributed by atoms with Gasteiger partial charge in [-0.3, -0.25) is 0 Å². The van der Waals surface area contributed by atoms with Gasteiger partial charge in [-0.2, -0.15) is 0 Å². The highest BCUT2D eigenvalue weighted by Crippen LogP contribution is 2.25. The number of azide groups is 1. The van der Waals surface area contributed by atoms with Gasteiger partial charge in [-0.25, -0.2) is 4.79 Å². The summed E-state index contributed by atoms with van der Waals surface area (Å²) in [5, 5.41) is 4.13. The number of carbonyl (C=O) groups is 1. The van der Waals surface area contributed by atoms with Crippen LogP contribution in [0, 0.1) is 0 Å². The molecule has 0 atom stereocenters. The van der Waals surface area contributed by atoms with Gasteiger partial charge in [0, 0.05) is 16.5 Å². The lowest BCUT2D eigenvalue weighted by Crippen LogP contribution is -2.06. The van der Waals surface area contributed by atoms with Crippen molar-refractivity contribution in [3.63, 3.8) is 0 Å². The number of benzene rings is 1. The second-order valence-electron chi connectivity index (χ2n) is 3.62. The zero-order valence-electron chi connectivity index (χ0n) is 10.2. The smallest absolute Gasteiger partial charge is 0.341 e. The van der Waals surface area contributed by atoms with Gasteiger partial charge in [-0.05, 0) is 24.6 Å². The second-order valence-corrected chi connectivity index (χ2v) is 3.62. The fourth-order valence-electron chi connectivity index (χ4n) is 1.62. The van der Waals surface area contributed by atoms with Crippen LogP contribution in [0.1, 0.15) is 12.7 Å². The Hall–Kier alpha value is -2.72. The number of para-hydroxylation sites is 1. The van der Waals surface area contributed by atoms with Crippen molar-refractivity contribution in [2.24, 2.45) is 5.11 Å². The van der Waals surface area contributed by atoms with E-state index in [1.54, 1.807) is 19.1 Å². The maximum Gasteiger partial charge on any atom is 0.341 e. The first-order chi connectivity index (χ1) is 9.26. The fraction of sp³-hybridized carbons (Fsp3) is 0.154. The summed E-state index contributed by atoms with van der Waals surface area (Å²) < 4.78 is 10.4. The van der Waals surface area contributed by atoms with E-state index in [9.17, 15) is 4.79 Å². The van der Waals surface area contributed by atoms with Crippen molar-refractivity contribution in [1.82, 2.24) is 0 Å². The van der Waals surface area contributed by atoms with Crippen molar-refractivity contribution >= 4 is 22.5 Å². The predicted octanol–water partition coefficient (Wildman–Crippen LogP) is 3.65. The van der Waals surface area contributed by atoms with Crippen LogP contribution in [0.3, 0.4) is 0 Å². The fourth-order valence-corrected chi connectivity index (χ4v) is 1.62. The number of ether oxygens (including phenoxy) is 1. The van der Waals surface area contributed by atoms with Crippen molar-refractivity contribution < 1.29 is 13.9 Å². The van der Waals surface area contributed by atoms with Crippen molar-refractivity contribution in [3.8, 4) is 0 Å². The second kappa shape index (κ2) is 5.75. The SMILES string of the molecule is CCOC(=O)/C(=C/N=[N+]=[N-])c1cc2ccccc2o1. The van der Waals surface area contributed by atoms with Gasteiger partial charge in [0.2, 0.25) is 0 Å². The van der Waals surface area contributed by atoms with E-state index in [0.717, 1.165) is 11.6 Å². The molecule has 0 fully saturated rings. The van der Waals surface area contributed by atoms with Gasteiger partial charge in [0.1, 0.15) is 16.9 Å². The van der Waals surface area contributed by atoms with Gasteiger partial charge >= 0.3 is 5.97 Å². The van der Waals surface area contributed by atoms with Crippen LogP contribution >= 0.6 is 0 Å². The Labute approximate surface area is 108 Å². The summed E-state index contributed by atoms with van der Waals surface area (Å²) in [7, 11) is 0. The molecule has 0 bridgehead atoms. The van der Waals surface area contributed by atoms with Crippen LogP contribution in [0.25, 0.3) is 27.0 Å². The highest BCUT2D eigenvalue weighted by molar-refractivity contribution is 6.16. The first-order valence-corrected chi connectivity index (χ1v) is 5.66. The molecule has 2 rings (SSSR count). The molecule has 0 aliphatic rings. The average Bonchev–Trinajstić information content (AvgIpc) is 2.83. The van der Waals surface area contributed by atoms with Gasteiger partial charge in [0.25, 0.3) is 0 Å². The molecule has 6 nitrogen and oxygen atoms in total. The Morgan fingerprint density at radius 3 is 3.00 bits per heavy atom. The van der Waals surface area contributed by atoms with Crippen LogP contribution in [-0.2, 0) is 9.53 Å². The molecule has 0 spiro atoms. The molecule has 0 aliphatic heterocycles. The van der Waals surface area contributed by atoms with Gasteiger partial charge in [0.15, 0.2) is 0 Å². The highest BCUT2D eigenvalue weighted by atomic mass is 16.5. The lowest BCUT2D eigenvalue weighted by atomic mass is 10.2. The number of esters is 1. The molecule has 1 aromatic carbocycles. The van der Waals surface area contributed by atoms with Crippen LogP contribution < -0.4 is 0 Å². The van der Waals surface area contributed by atoms with E-state index in [1.807, 2.05) is 18.2 Å². The van der Waals surface area contributed by atoms with Crippen molar-refractivity contribution in [2.75, 3.05) is 6.61 Å². The minimum absolute atomic E-state index is 0.0934. The topological polar surface area (TPSA) is 88.2 Å². The maximum atomic E-state index is 11.8. The monoisotopic (exact) mass is 257 g/mol. The first kappa shape index (κ1) is 12.7. The Balaban J connectivity index is 2.48. The van der Waals surface area contributed by atoms with E-state index in [4.69, 9.17) is 14.7 Å². The summed E-state index contributed by atoms with van der Waals surface area (Å²) in [6.07, 6.45) is 1.09. The molecule has 0 radical (unpaired) electrons. The van der Waals surface area contributed by atoms with Gasteiger partial charge in [-0.15, -0.1) is 0 Å². The molecular weight excluding hydrogens is 246 g/mol. The van der Waals surface area contributed by atoms with Crippen molar-refractivity contribution in [3.05, 3.63) is 52.7 Å².